The van der Waals surface area contributed by atoms with Gasteiger partial charge < -0.3 is 9.47 Å². The molecule has 0 aliphatic heterocycles. The number of rotatable bonds is 5. The molecule has 0 heterocycles. The minimum absolute atomic E-state index is 0.208. The Morgan fingerprint density at radius 2 is 1.93 bits per heavy atom. The lowest BCUT2D eigenvalue weighted by atomic mass is 9.98. The van der Waals surface area contributed by atoms with Gasteiger partial charge in [0.15, 0.2) is 0 Å². The van der Waals surface area contributed by atoms with Gasteiger partial charge in [0.25, 0.3) is 0 Å². The summed E-state index contributed by atoms with van der Waals surface area (Å²) in [6.07, 6.45) is 0.859. The van der Waals surface area contributed by atoms with Gasteiger partial charge in [0.1, 0.15) is 6.79 Å². The van der Waals surface area contributed by atoms with Crippen LogP contribution >= 0.6 is 15.9 Å². The van der Waals surface area contributed by atoms with Crippen molar-refractivity contribution < 1.29 is 9.47 Å². The molecular formula is C12H17BrO2. The van der Waals surface area contributed by atoms with Crippen molar-refractivity contribution in [2.24, 2.45) is 0 Å². The van der Waals surface area contributed by atoms with Crippen LogP contribution in [0.3, 0.4) is 0 Å². The van der Waals surface area contributed by atoms with E-state index in [1.54, 1.807) is 7.11 Å². The molecule has 0 radical (unpaired) electrons. The van der Waals surface area contributed by atoms with Gasteiger partial charge in [-0.2, -0.15) is 0 Å². The lowest BCUT2D eigenvalue weighted by Crippen LogP contribution is -2.28. The van der Waals surface area contributed by atoms with Gasteiger partial charge in [-0.05, 0) is 25.5 Å². The first-order valence-electron chi connectivity index (χ1n) is 4.91. The molecule has 0 aliphatic rings. The van der Waals surface area contributed by atoms with Gasteiger partial charge in [-0.3, -0.25) is 0 Å². The van der Waals surface area contributed by atoms with E-state index in [9.17, 15) is 0 Å². The van der Waals surface area contributed by atoms with Crippen LogP contribution < -0.4 is 0 Å². The van der Waals surface area contributed by atoms with Crippen LogP contribution in [0.15, 0.2) is 28.7 Å². The average molecular weight is 273 g/mol. The van der Waals surface area contributed by atoms with E-state index in [0.29, 0.717) is 6.79 Å². The fourth-order valence-electron chi connectivity index (χ4n) is 1.37. The molecular weight excluding hydrogens is 256 g/mol. The number of hydrogen-bond donors (Lipinski definition) is 0. The van der Waals surface area contributed by atoms with E-state index in [2.05, 4.69) is 35.8 Å². The van der Waals surface area contributed by atoms with Crippen LogP contribution in [0.5, 0.6) is 0 Å². The van der Waals surface area contributed by atoms with Gasteiger partial charge in [-0.25, -0.2) is 0 Å². The van der Waals surface area contributed by atoms with E-state index in [0.717, 1.165) is 10.9 Å². The Kier molecular flexibility index (Phi) is 4.77. The molecule has 0 aromatic heterocycles. The van der Waals surface area contributed by atoms with Crippen molar-refractivity contribution in [3.05, 3.63) is 34.3 Å². The number of hydrogen-bond acceptors (Lipinski definition) is 2. The SMILES string of the molecule is COCOC(C)(C)Cc1ccccc1Br. The van der Waals surface area contributed by atoms with Gasteiger partial charge in [0, 0.05) is 18.0 Å². The fourth-order valence-corrected chi connectivity index (χ4v) is 1.79. The second-order valence-electron chi connectivity index (χ2n) is 4.08. The Balaban J connectivity index is 2.64. The number of methoxy groups -OCH3 is 1. The van der Waals surface area contributed by atoms with Crippen molar-refractivity contribution in [1.82, 2.24) is 0 Å². The lowest BCUT2D eigenvalue weighted by Gasteiger charge is -2.25. The molecule has 0 spiro atoms. The van der Waals surface area contributed by atoms with Crippen LogP contribution in [0.25, 0.3) is 0 Å². The summed E-state index contributed by atoms with van der Waals surface area (Å²) in [4.78, 5) is 0. The summed E-state index contributed by atoms with van der Waals surface area (Å²) in [7, 11) is 1.63. The number of benzene rings is 1. The third-order valence-electron chi connectivity index (χ3n) is 2.14. The van der Waals surface area contributed by atoms with E-state index in [-0.39, 0.29) is 5.60 Å². The van der Waals surface area contributed by atoms with Gasteiger partial charge in [0.2, 0.25) is 0 Å². The highest BCUT2D eigenvalue weighted by atomic mass is 79.9. The van der Waals surface area contributed by atoms with Crippen molar-refractivity contribution in [2.75, 3.05) is 13.9 Å². The van der Waals surface area contributed by atoms with Crippen LogP contribution in [-0.4, -0.2) is 19.5 Å². The van der Waals surface area contributed by atoms with Crippen molar-refractivity contribution in [2.45, 2.75) is 25.9 Å². The van der Waals surface area contributed by atoms with E-state index in [1.165, 1.54) is 5.56 Å². The largest absolute Gasteiger partial charge is 0.359 e. The van der Waals surface area contributed by atoms with Gasteiger partial charge >= 0.3 is 0 Å². The molecule has 0 saturated carbocycles. The Labute approximate surface area is 99.7 Å². The Morgan fingerprint density at radius 3 is 2.53 bits per heavy atom. The summed E-state index contributed by atoms with van der Waals surface area (Å²) in [5.41, 5.74) is 1.04. The molecule has 1 aromatic carbocycles. The molecule has 1 aromatic rings. The topological polar surface area (TPSA) is 18.5 Å². The molecule has 0 N–H and O–H groups in total. The van der Waals surface area contributed by atoms with Crippen molar-refractivity contribution >= 4 is 15.9 Å². The zero-order valence-electron chi connectivity index (χ0n) is 9.42. The first kappa shape index (κ1) is 12.7. The monoisotopic (exact) mass is 272 g/mol. The maximum Gasteiger partial charge on any atom is 0.147 e. The fraction of sp³-hybridized carbons (Fsp3) is 0.500. The second-order valence-corrected chi connectivity index (χ2v) is 4.93. The van der Waals surface area contributed by atoms with Crippen LogP contribution in [0.4, 0.5) is 0 Å². The molecule has 2 nitrogen and oxygen atoms in total. The Hall–Kier alpha value is -0.380. The predicted molar refractivity (Wildman–Crippen MR) is 64.9 cm³/mol. The first-order chi connectivity index (χ1) is 7.05. The molecule has 0 atom stereocenters. The maximum atomic E-state index is 5.59. The maximum absolute atomic E-state index is 5.59. The smallest absolute Gasteiger partial charge is 0.147 e. The zero-order valence-corrected chi connectivity index (χ0v) is 11.0. The van der Waals surface area contributed by atoms with Crippen molar-refractivity contribution in [1.29, 1.82) is 0 Å². The molecule has 0 bridgehead atoms. The molecule has 0 aliphatic carbocycles. The van der Waals surface area contributed by atoms with Crippen molar-refractivity contribution in [3.63, 3.8) is 0 Å². The minimum atomic E-state index is -0.208. The van der Waals surface area contributed by atoms with Crippen LogP contribution in [0, 0.1) is 0 Å². The summed E-state index contributed by atoms with van der Waals surface area (Å²) in [6.45, 7) is 4.45. The van der Waals surface area contributed by atoms with Gasteiger partial charge in [-0.1, -0.05) is 34.1 Å². The van der Waals surface area contributed by atoms with Gasteiger partial charge in [0.05, 0.1) is 5.60 Å². The summed E-state index contributed by atoms with van der Waals surface area (Å²) in [5.74, 6) is 0. The summed E-state index contributed by atoms with van der Waals surface area (Å²) in [6, 6.07) is 8.19. The summed E-state index contributed by atoms with van der Waals surface area (Å²) < 4.78 is 11.6. The van der Waals surface area contributed by atoms with Crippen LogP contribution in [0.2, 0.25) is 0 Å². The van der Waals surface area contributed by atoms with E-state index in [4.69, 9.17) is 9.47 Å². The third-order valence-corrected chi connectivity index (χ3v) is 2.92. The third kappa shape index (κ3) is 4.33. The molecule has 3 heteroatoms. The highest BCUT2D eigenvalue weighted by Gasteiger charge is 2.19. The molecule has 0 amide bonds. The Bertz CT molecular complexity index is 310. The standard InChI is InChI=1S/C12H17BrO2/c1-12(2,15-9-14-3)8-10-6-4-5-7-11(10)13/h4-7H,8-9H2,1-3H3. The highest BCUT2D eigenvalue weighted by Crippen LogP contribution is 2.23. The second kappa shape index (κ2) is 5.64. The van der Waals surface area contributed by atoms with E-state index < -0.39 is 0 Å². The molecule has 15 heavy (non-hydrogen) atoms. The zero-order chi connectivity index (χ0) is 11.3. The molecule has 0 saturated heterocycles. The number of ether oxygens (including phenoxy) is 2. The first-order valence-corrected chi connectivity index (χ1v) is 5.71. The van der Waals surface area contributed by atoms with E-state index >= 15 is 0 Å². The summed E-state index contributed by atoms with van der Waals surface area (Å²) in [5, 5.41) is 0. The Morgan fingerprint density at radius 1 is 1.27 bits per heavy atom. The van der Waals surface area contributed by atoms with Gasteiger partial charge in [-0.15, -0.1) is 0 Å². The molecule has 0 fully saturated rings. The minimum Gasteiger partial charge on any atom is -0.359 e. The van der Waals surface area contributed by atoms with Crippen LogP contribution in [-0.2, 0) is 15.9 Å². The highest BCUT2D eigenvalue weighted by molar-refractivity contribution is 9.10. The normalized spacial score (nSPS) is 11.7. The van der Waals surface area contributed by atoms with Crippen LogP contribution in [0.1, 0.15) is 19.4 Å². The number of halogens is 1. The molecule has 84 valence electrons. The summed E-state index contributed by atoms with van der Waals surface area (Å²) >= 11 is 3.53. The lowest BCUT2D eigenvalue weighted by molar-refractivity contribution is -0.113. The predicted octanol–water partition coefficient (Wildman–Crippen LogP) is 3.39. The molecule has 0 unspecified atom stereocenters. The average Bonchev–Trinajstić information content (AvgIpc) is 2.18. The molecule has 1 rings (SSSR count). The van der Waals surface area contributed by atoms with E-state index in [1.807, 2.05) is 18.2 Å². The van der Waals surface area contributed by atoms with Crippen molar-refractivity contribution in [3.8, 4) is 0 Å². The quantitative estimate of drug-likeness (QED) is 0.765.